The van der Waals surface area contributed by atoms with E-state index < -0.39 is 0 Å². The van der Waals surface area contributed by atoms with Crippen molar-refractivity contribution in [3.05, 3.63) is 23.7 Å². The predicted octanol–water partition coefficient (Wildman–Crippen LogP) is 3.09. The van der Waals surface area contributed by atoms with Gasteiger partial charge in [-0.25, -0.2) is 9.97 Å². The number of rotatable bonds is 1. The summed E-state index contributed by atoms with van der Waals surface area (Å²) in [6.07, 6.45) is 1.88. The van der Waals surface area contributed by atoms with Gasteiger partial charge in [-0.05, 0) is 32.4 Å². The molecule has 3 heteroatoms. The van der Waals surface area contributed by atoms with E-state index >= 15 is 0 Å². The molecule has 2 aromatic heterocycles. The van der Waals surface area contributed by atoms with Crippen molar-refractivity contribution in [2.45, 2.75) is 41.2 Å². The van der Waals surface area contributed by atoms with Crippen LogP contribution in [0.4, 0.5) is 0 Å². The molecule has 2 rings (SSSR count). The molecule has 0 atom stereocenters. The number of nitrogens with zero attached hydrogens (tertiary/aromatic N) is 3. The summed E-state index contributed by atoms with van der Waals surface area (Å²) in [6.45, 7) is 11.1. The van der Waals surface area contributed by atoms with Crippen LogP contribution in [0.15, 0.2) is 12.3 Å². The monoisotopic (exact) mass is 205 g/mol. The van der Waals surface area contributed by atoms with Gasteiger partial charge in [0, 0.05) is 12.7 Å². The van der Waals surface area contributed by atoms with Crippen molar-refractivity contribution >= 4 is 11.2 Å². The number of imidazole rings is 1. The first-order chi connectivity index (χ1) is 7.22. The molecule has 0 aliphatic heterocycles. The van der Waals surface area contributed by atoms with Crippen LogP contribution >= 0.6 is 0 Å². The maximum Gasteiger partial charge on any atom is 0.159 e. The minimum Gasteiger partial charge on any atom is -0.313 e. The first-order valence-electron chi connectivity index (χ1n) is 5.52. The molecule has 0 unspecified atom stereocenters. The Labute approximate surface area is 91.2 Å². The maximum atomic E-state index is 4.45. The summed E-state index contributed by atoms with van der Waals surface area (Å²) in [4.78, 5) is 8.82. The lowest BCUT2D eigenvalue weighted by atomic mass is 10.3. The molecule has 0 bridgehead atoms. The number of fused-ring (bicyclic) bond motifs is 1. The Bertz CT molecular complexity index is 443. The van der Waals surface area contributed by atoms with Crippen LogP contribution in [-0.2, 0) is 6.54 Å². The largest absolute Gasteiger partial charge is 0.313 e. The summed E-state index contributed by atoms with van der Waals surface area (Å²) in [7, 11) is 0. The van der Waals surface area contributed by atoms with E-state index in [4.69, 9.17) is 0 Å². The van der Waals surface area contributed by atoms with E-state index in [1.165, 1.54) is 0 Å². The molecule has 3 nitrogen and oxygen atoms in total. The number of hydrogen-bond acceptors (Lipinski definition) is 2. The van der Waals surface area contributed by atoms with Gasteiger partial charge >= 0.3 is 0 Å². The highest BCUT2D eigenvalue weighted by atomic mass is 15.1. The molecular formula is C12H19N3. The van der Waals surface area contributed by atoms with Gasteiger partial charge in [0.1, 0.15) is 11.3 Å². The molecule has 0 aliphatic carbocycles. The Balaban J connectivity index is 0.000000531. The Morgan fingerprint density at radius 3 is 2.53 bits per heavy atom. The third kappa shape index (κ3) is 2.17. The van der Waals surface area contributed by atoms with Gasteiger partial charge in [0.05, 0.1) is 0 Å². The smallest absolute Gasteiger partial charge is 0.159 e. The van der Waals surface area contributed by atoms with Crippen molar-refractivity contribution in [1.82, 2.24) is 14.5 Å². The minimum absolute atomic E-state index is 0.929. The van der Waals surface area contributed by atoms with Crippen molar-refractivity contribution in [3.8, 4) is 0 Å². The third-order valence-corrected chi connectivity index (χ3v) is 2.23. The number of pyridine rings is 1. The van der Waals surface area contributed by atoms with Gasteiger partial charge in [-0.15, -0.1) is 0 Å². The fourth-order valence-corrected chi connectivity index (χ4v) is 1.60. The lowest BCUT2D eigenvalue weighted by molar-refractivity contribution is 0.745. The quantitative estimate of drug-likeness (QED) is 0.716. The summed E-state index contributed by atoms with van der Waals surface area (Å²) in [5.74, 6) is 1.04. The average Bonchev–Trinajstić information content (AvgIpc) is 2.55. The standard InChI is InChI=1S/C10H13N3.C2H6/c1-4-13-8(3)12-9-5-7(2)6-11-10(9)13;1-2/h5-6H,4H2,1-3H3;1-2H3. The van der Waals surface area contributed by atoms with Crippen LogP contribution in [0.3, 0.4) is 0 Å². The molecule has 2 heterocycles. The van der Waals surface area contributed by atoms with E-state index in [9.17, 15) is 0 Å². The average molecular weight is 205 g/mol. The van der Waals surface area contributed by atoms with Crippen LogP contribution < -0.4 is 0 Å². The highest BCUT2D eigenvalue weighted by molar-refractivity contribution is 5.71. The molecule has 15 heavy (non-hydrogen) atoms. The van der Waals surface area contributed by atoms with E-state index in [2.05, 4.69) is 27.5 Å². The van der Waals surface area contributed by atoms with Crippen LogP contribution in [0.2, 0.25) is 0 Å². The second kappa shape index (κ2) is 4.91. The zero-order valence-electron chi connectivity index (χ0n) is 10.2. The molecule has 82 valence electrons. The van der Waals surface area contributed by atoms with E-state index in [0.717, 1.165) is 29.1 Å². The van der Waals surface area contributed by atoms with Gasteiger partial charge < -0.3 is 4.57 Å². The fourth-order valence-electron chi connectivity index (χ4n) is 1.60. The maximum absolute atomic E-state index is 4.45. The molecule has 0 N–H and O–H groups in total. The number of aryl methyl sites for hydroxylation is 3. The highest BCUT2D eigenvalue weighted by Crippen LogP contribution is 2.14. The Hall–Kier alpha value is -1.38. The van der Waals surface area contributed by atoms with E-state index in [-0.39, 0.29) is 0 Å². The molecule has 0 fully saturated rings. The third-order valence-electron chi connectivity index (χ3n) is 2.23. The molecule has 0 amide bonds. The lowest BCUT2D eigenvalue weighted by Crippen LogP contribution is -1.97. The SMILES string of the molecule is CC.CCn1c(C)nc2cc(C)cnc21. The first-order valence-corrected chi connectivity index (χ1v) is 5.52. The van der Waals surface area contributed by atoms with Crippen molar-refractivity contribution < 1.29 is 0 Å². The molecule has 0 saturated heterocycles. The summed E-state index contributed by atoms with van der Waals surface area (Å²) < 4.78 is 2.12. The zero-order valence-corrected chi connectivity index (χ0v) is 10.2. The number of aromatic nitrogens is 3. The molecule has 0 saturated carbocycles. The van der Waals surface area contributed by atoms with Gasteiger partial charge in [-0.1, -0.05) is 13.8 Å². The lowest BCUT2D eigenvalue weighted by Gasteiger charge is -1.99. The molecule has 0 spiro atoms. The normalized spacial score (nSPS) is 9.93. The van der Waals surface area contributed by atoms with Crippen molar-refractivity contribution in [3.63, 3.8) is 0 Å². The van der Waals surface area contributed by atoms with E-state index in [0.29, 0.717) is 0 Å². The molecule has 0 radical (unpaired) electrons. The van der Waals surface area contributed by atoms with Crippen LogP contribution in [0.5, 0.6) is 0 Å². The molecule has 2 aromatic rings. The predicted molar refractivity (Wildman–Crippen MR) is 64.0 cm³/mol. The van der Waals surface area contributed by atoms with Crippen molar-refractivity contribution in [2.24, 2.45) is 0 Å². The van der Waals surface area contributed by atoms with Gasteiger partial charge in [0.25, 0.3) is 0 Å². The summed E-state index contributed by atoms with van der Waals surface area (Å²) in [5.41, 5.74) is 3.15. The van der Waals surface area contributed by atoms with Gasteiger partial charge in [0.2, 0.25) is 0 Å². The summed E-state index contributed by atoms with van der Waals surface area (Å²) in [5, 5.41) is 0. The number of hydrogen-bond donors (Lipinski definition) is 0. The minimum atomic E-state index is 0.929. The summed E-state index contributed by atoms with van der Waals surface area (Å²) in [6, 6.07) is 2.07. The molecular weight excluding hydrogens is 186 g/mol. The zero-order chi connectivity index (χ0) is 11.4. The van der Waals surface area contributed by atoms with Crippen LogP contribution in [0.1, 0.15) is 32.2 Å². The fraction of sp³-hybridized carbons (Fsp3) is 0.500. The van der Waals surface area contributed by atoms with E-state index in [1.54, 1.807) is 0 Å². The first kappa shape index (κ1) is 11.7. The van der Waals surface area contributed by atoms with Crippen LogP contribution in [0.25, 0.3) is 11.2 Å². The van der Waals surface area contributed by atoms with Crippen LogP contribution in [0, 0.1) is 13.8 Å². The van der Waals surface area contributed by atoms with Crippen molar-refractivity contribution in [1.29, 1.82) is 0 Å². The van der Waals surface area contributed by atoms with Crippen molar-refractivity contribution in [2.75, 3.05) is 0 Å². The highest BCUT2D eigenvalue weighted by Gasteiger charge is 2.05. The van der Waals surface area contributed by atoms with E-state index in [1.807, 2.05) is 33.9 Å². The Morgan fingerprint density at radius 2 is 1.93 bits per heavy atom. The topological polar surface area (TPSA) is 30.7 Å². The summed E-state index contributed by atoms with van der Waals surface area (Å²) >= 11 is 0. The second-order valence-corrected chi connectivity index (χ2v) is 3.26. The van der Waals surface area contributed by atoms with Crippen LogP contribution in [-0.4, -0.2) is 14.5 Å². The van der Waals surface area contributed by atoms with Gasteiger partial charge in [0.15, 0.2) is 5.65 Å². The Kier molecular flexibility index (Phi) is 3.83. The molecule has 0 aromatic carbocycles. The van der Waals surface area contributed by atoms with Gasteiger partial charge in [-0.3, -0.25) is 0 Å². The second-order valence-electron chi connectivity index (χ2n) is 3.26. The molecule has 0 aliphatic rings. The van der Waals surface area contributed by atoms with Gasteiger partial charge in [-0.2, -0.15) is 0 Å². The Morgan fingerprint density at radius 1 is 1.27 bits per heavy atom.